The van der Waals surface area contributed by atoms with Gasteiger partial charge < -0.3 is 4.74 Å². The lowest BCUT2D eigenvalue weighted by Crippen LogP contribution is -2.31. The predicted molar refractivity (Wildman–Crippen MR) is 82.7 cm³/mol. The van der Waals surface area contributed by atoms with Gasteiger partial charge >= 0.3 is 0 Å². The van der Waals surface area contributed by atoms with Crippen LogP contribution < -0.4 is 0 Å². The van der Waals surface area contributed by atoms with Gasteiger partial charge in [0.15, 0.2) is 0 Å². The molecule has 2 nitrogen and oxygen atoms in total. The molecular formula is C16H20Cl2O2. The number of ketones is 1. The van der Waals surface area contributed by atoms with Gasteiger partial charge in [-0.3, -0.25) is 4.79 Å². The summed E-state index contributed by atoms with van der Waals surface area (Å²) in [6.45, 7) is 2.30. The summed E-state index contributed by atoms with van der Waals surface area (Å²) in [4.78, 5) is 12.1. The van der Waals surface area contributed by atoms with Gasteiger partial charge in [0.05, 0.1) is 18.1 Å². The third-order valence-corrected chi connectivity index (χ3v) is 4.73. The fourth-order valence-electron chi connectivity index (χ4n) is 2.51. The summed E-state index contributed by atoms with van der Waals surface area (Å²) in [5.41, 5.74) is 1.08. The average molecular weight is 315 g/mol. The number of hydrogen-bond acceptors (Lipinski definition) is 2. The number of halogens is 2. The number of benzene rings is 1. The molecule has 20 heavy (non-hydrogen) atoms. The van der Waals surface area contributed by atoms with Gasteiger partial charge in [-0.2, -0.15) is 0 Å². The molecule has 2 rings (SSSR count). The first-order valence-electron chi connectivity index (χ1n) is 7.05. The fraction of sp³-hybridized carbons (Fsp3) is 0.562. The minimum atomic E-state index is -0.190. The van der Waals surface area contributed by atoms with Crippen molar-refractivity contribution in [3.8, 4) is 0 Å². The zero-order valence-electron chi connectivity index (χ0n) is 11.6. The maximum atomic E-state index is 12.1. The zero-order chi connectivity index (χ0) is 14.5. The van der Waals surface area contributed by atoms with E-state index in [0.717, 1.165) is 18.4 Å². The second-order valence-corrected chi connectivity index (χ2v) is 6.60. The third-order valence-electron chi connectivity index (χ3n) is 3.79. The topological polar surface area (TPSA) is 26.3 Å². The molecule has 1 aliphatic rings. The second kappa shape index (κ2) is 7.44. The van der Waals surface area contributed by atoms with E-state index in [9.17, 15) is 4.79 Å². The highest BCUT2D eigenvalue weighted by atomic mass is 35.5. The first-order valence-corrected chi connectivity index (χ1v) is 7.92. The number of Topliss-reactive ketones (excluding diaryl/α,β-unsaturated/α-hetero) is 1. The molecule has 0 bridgehead atoms. The van der Waals surface area contributed by atoms with Crippen LogP contribution in [0.4, 0.5) is 0 Å². The molecule has 0 aliphatic heterocycles. The van der Waals surface area contributed by atoms with Crippen LogP contribution in [0.25, 0.3) is 0 Å². The molecule has 0 saturated heterocycles. The summed E-state index contributed by atoms with van der Waals surface area (Å²) >= 11 is 12.0. The summed E-state index contributed by atoms with van der Waals surface area (Å²) in [5, 5.41) is -0.309. The van der Waals surface area contributed by atoms with E-state index in [1.807, 2.05) is 37.3 Å². The Morgan fingerprint density at radius 2 is 2.00 bits per heavy atom. The SMILES string of the molecule is CC(Cl)C(Cl)COC1CCC(=O)C(c2ccccc2)C1. The second-order valence-electron chi connectivity index (χ2n) is 5.35. The highest BCUT2D eigenvalue weighted by molar-refractivity contribution is 6.29. The lowest BCUT2D eigenvalue weighted by molar-refractivity contribution is -0.125. The Morgan fingerprint density at radius 3 is 2.65 bits per heavy atom. The average Bonchev–Trinajstić information content (AvgIpc) is 2.46. The molecule has 4 heteroatoms. The third kappa shape index (κ3) is 4.21. The lowest BCUT2D eigenvalue weighted by atomic mass is 9.81. The van der Waals surface area contributed by atoms with E-state index < -0.39 is 0 Å². The largest absolute Gasteiger partial charge is 0.377 e. The molecular weight excluding hydrogens is 295 g/mol. The molecule has 0 radical (unpaired) electrons. The minimum Gasteiger partial charge on any atom is -0.377 e. The molecule has 4 atom stereocenters. The van der Waals surface area contributed by atoms with Gasteiger partial charge in [0.1, 0.15) is 5.78 Å². The Hall–Kier alpha value is -0.570. The summed E-state index contributed by atoms with van der Waals surface area (Å²) in [6, 6.07) is 9.92. The van der Waals surface area contributed by atoms with Gasteiger partial charge in [0, 0.05) is 17.7 Å². The molecule has 0 heterocycles. The first-order chi connectivity index (χ1) is 9.58. The van der Waals surface area contributed by atoms with Crippen LogP contribution in [0, 0.1) is 0 Å². The van der Waals surface area contributed by atoms with Crippen molar-refractivity contribution in [1.29, 1.82) is 0 Å². The maximum Gasteiger partial charge on any atom is 0.140 e. The smallest absolute Gasteiger partial charge is 0.140 e. The molecule has 0 spiro atoms. The van der Waals surface area contributed by atoms with Crippen LogP contribution in [0.5, 0.6) is 0 Å². The van der Waals surface area contributed by atoms with E-state index in [0.29, 0.717) is 18.8 Å². The number of rotatable bonds is 5. The standard InChI is InChI=1S/C16H20Cl2O2/c1-11(17)15(18)10-20-13-7-8-16(19)14(9-13)12-5-3-2-4-6-12/h2-6,11,13-15H,7-10H2,1H3. The van der Waals surface area contributed by atoms with E-state index >= 15 is 0 Å². The van der Waals surface area contributed by atoms with Gasteiger partial charge in [-0.25, -0.2) is 0 Å². The molecule has 0 N–H and O–H groups in total. The lowest BCUT2D eigenvalue weighted by Gasteiger charge is -2.29. The number of carbonyl (C=O) groups is 1. The van der Waals surface area contributed by atoms with Crippen LogP contribution in [0.15, 0.2) is 30.3 Å². The Morgan fingerprint density at radius 1 is 1.30 bits per heavy atom. The maximum absolute atomic E-state index is 12.1. The number of hydrogen-bond donors (Lipinski definition) is 0. The van der Waals surface area contributed by atoms with Gasteiger partial charge in [-0.15, -0.1) is 23.2 Å². The summed E-state index contributed by atoms with van der Waals surface area (Å²) in [5.74, 6) is 0.265. The quantitative estimate of drug-likeness (QED) is 0.763. The molecule has 1 aliphatic carbocycles. The van der Waals surface area contributed by atoms with E-state index in [1.165, 1.54) is 0 Å². The summed E-state index contributed by atoms with van der Waals surface area (Å²) in [7, 11) is 0. The van der Waals surface area contributed by atoms with Crippen LogP contribution in [0.1, 0.15) is 37.7 Å². The van der Waals surface area contributed by atoms with Gasteiger partial charge in [0.2, 0.25) is 0 Å². The van der Waals surface area contributed by atoms with Crippen molar-refractivity contribution in [3.63, 3.8) is 0 Å². The molecule has 110 valence electrons. The summed E-state index contributed by atoms with van der Waals surface area (Å²) < 4.78 is 5.84. The minimum absolute atomic E-state index is 0.0443. The highest BCUT2D eigenvalue weighted by Gasteiger charge is 2.30. The monoisotopic (exact) mass is 314 g/mol. The van der Waals surface area contributed by atoms with E-state index in [4.69, 9.17) is 27.9 Å². The van der Waals surface area contributed by atoms with Crippen LogP contribution >= 0.6 is 23.2 Å². The zero-order valence-corrected chi connectivity index (χ0v) is 13.1. The Kier molecular flexibility index (Phi) is 5.88. The van der Waals surface area contributed by atoms with E-state index in [2.05, 4.69) is 0 Å². The molecule has 1 aromatic carbocycles. The van der Waals surface area contributed by atoms with Crippen molar-refractivity contribution < 1.29 is 9.53 Å². The van der Waals surface area contributed by atoms with Crippen LogP contribution in [0.3, 0.4) is 0 Å². The normalized spacial score (nSPS) is 26.2. The van der Waals surface area contributed by atoms with Crippen molar-refractivity contribution in [2.45, 2.75) is 49.0 Å². The first kappa shape index (κ1) is 15.8. The highest BCUT2D eigenvalue weighted by Crippen LogP contribution is 2.31. The van der Waals surface area contributed by atoms with Crippen molar-refractivity contribution in [3.05, 3.63) is 35.9 Å². The van der Waals surface area contributed by atoms with Gasteiger partial charge in [-0.05, 0) is 25.3 Å². The van der Waals surface area contributed by atoms with Crippen molar-refractivity contribution >= 4 is 29.0 Å². The molecule has 4 unspecified atom stereocenters. The number of ether oxygens (including phenoxy) is 1. The number of carbonyl (C=O) groups excluding carboxylic acids is 1. The van der Waals surface area contributed by atoms with Gasteiger partial charge in [-0.1, -0.05) is 30.3 Å². The molecule has 1 aromatic rings. The molecule has 1 saturated carbocycles. The van der Waals surface area contributed by atoms with E-state index in [1.54, 1.807) is 0 Å². The van der Waals surface area contributed by atoms with Crippen molar-refractivity contribution in [2.24, 2.45) is 0 Å². The fourth-order valence-corrected chi connectivity index (χ4v) is 2.65. The summed E-state index contributed by atoms with van der Waals surface area (Å²) in [6.07, 6.45) is 2.19. The van der Waals surface area contributed by atoms with Crippen molar-refractivity contribution in [1.82, 2.24) is 0 Å². The predicted octanol–water partition coefficient (Wildman–Crippen LogP) is 4.14. The van der Waals surface area contributed by atoms with Crippen LogP contribution in [0.2, 0.25) is 0 Å². The molecule has 1 fully saturated rings. The molecule has 0 aromatic heterocycles. The Balaban J connectivity index is 1.93. The van der Waals surface area contributed by atoms with Crippen LogP contribution in [-0.2, 0) is 9.53 Å². The van der Waals surface area contributed by atoms with E-state index in [-0.39, 0.29) is 22.8 Å². The van der Waals surface area contributed by atoms with Crippen molar-refractivity contribution in [2.75, 3.05) is 6.61 Å². The van der Waals surface area contributed by atoms with Crippen LogP contribution in [-0.4, -0.2) is 29.2 Å². The van der Waals surface area contributed by atoms with Gasteiger partial charge in [0.25, 0.3) is 0 Å². The number of alkyl halides is 2. The Labute approximate surface area is 130 Å². The molecule has 0 amide bonds. The Bertz CT molecular complexity index is 433.